The molecule has 0 saturated heterocycles. The number of carbonyl (C=O) groups excluding carboxylic acids is 1. The van der Waals surface area contributed by atoms with E-state index in [9.17, 15) is 4.79 Å². The zero-order chi connectivity index (χ0) is 13.3. The second-order valence-corrected chi connectivity index (χ2v) is 6.71. The first-order valence-corrected chi connectivity index (χ1v) is 7.30. The largest absolute Gasteiger partial charge is 0.321 e. The van der Waals surface area contributed by atoms with Gasteiger partial charge < -0.3 is 5.32 Å². The van der Waals surface area contributed by atoms with E-state index < -0.39 is 0 Å². The summed E-state index contributed by atoms with van der Waals surface area (Å²) < 4.78 is 0.982. The van der Waals surface area contributed by atoms with E-state index in [2.05, 4.69) is 21.2 Å². The molecule has 0 aliphatic carbocycles. The van der Waals surface area contributed by atoms with Gasteiger partial charge in [0.2, 0.25) is 0 Å². The molecule has 1 aromatic heterocycles. The van der Waals surface area contributed by atoms with Crippen LogP contribution < -0.4 is 5.32 Å². The highest BCUT2D eigenvalue weighted by Gasteiger charge is 2.12. The second-order valence-electron chi connectivity index (χ2n) is 3.93. The van der Waals surface area contributed by atoms with Crippen LogP contribution in [0.5, 0.6) is 0 Å². The van der Waals surface area contributed by atoms with Gasteiger partial charge in [-0.3, -0.25) is 4.79 Å². The SMILES string of the molecule is Cc1cc(C(=O)Nc2cccc(Cl)c2C)sc1Br. The summed E-state index contributed by atoms with van der Waals surface area (Å²) in [7, 11) is 0. The van der Waals surface area contributed by atoms with Crippen molar-refractivity contribution in [1.29, 1.82) is 0 Å². The molecule has 0 fully saturated rings. The Bertz CT molecular complexity index is 590. The number of benzene rings is 1. The van der Waals surface area contributed by atoms with Crippen LogP contribution in [0.2, 0.25) is 5.02 Å². The monoisotopic (exact) mass is 343 g/mol. The van der Waals surface area contributed by atoms with Crippen molar-refractivity contribution in [3.8, 4) is 0 Å². The molecule has 2 aromatic rings. The van der Waals surface area contributed by atoms with E-state index in [1.54, 1.807) is 6.07 Å². The minimum atomic E-state index is -0.112. The van der Waals surface area contributed by atoms with Gasteiger partial charge in [0.05, 0.1) is 8.66 Å². The Morgan fingerprint density at radius 3 is 2.72 bits per heavy atom. The molecule has 0 bridgehead atoms. The second kappa shape index (κ2) is 5.43. The number of carbonyl (C=O) groups is 1. The molecule has 5 heteroatoms. The van der Waals surface area contributed by atoms with E-state index in [0.29, 0.717) is 9.90 Å². The number of anilines is 1. The molecule has 18 heavy (non-hydrogen) atoms. The number of nitrogens with one attached hydrogen (secondary N) is 1. The van der Waals surface area contributed by atoms with Crippen LogP contribution in [0.4, 0.5) is 5.69 Å². The number of amides is 1. The standard InChI is InChI=1S/C13H11BrClNOS/c1-7-6-11(18-12(7)14)13(17)16-10-5-3-4-9(15)8(10)2/h3-6H,1-2H3,(H,16,17). The number of thiophene rings is 1. The molecule has 0 aliphatic heterocycles. The van der Waals surface area contributed by atoms with E-state index in [-0.39, 0.29) is 5.91 Å². The van der Waals surface area contributed by atoms with Crippen molar-refractivity contribution in [3.63, 3.8) is 0 Å². The lowest BCUT2D eigenvalue weighted by molar-refractivity contribution is 0.103. The van der Waals surface area contributed by atoms with Gasteiger partial charge in [0.25, 0.3) is 5.91 Å². The number of rotatable bonds is 2. The van der Waals surface area contributed by atoms with E-state index in [4.69, 9.17) is 11.6 Å². The van der Waals surface area contributed by atoms with Crippen LogP contribution in [0, 0.1) is 13.8 Å². The number of hydrogen-bond acceptors (Lipinski definition) is 2. The van der Waals surface area contributed by atoms with Gasteiger partial charge in [0.1, 0.15) is 0 Å². The molecule has 1 amide bonds. The molecule has 94 valence electrons. The first-order valence-electron chi connectivity index (χ1n) is 5.31. The summed E-state index contributed by atoms with van der Waals surface area (Å²) in [6, 6.07) is 7.33. The van der Waals surface area contributed by atoms with Gasteiger partial charge in [0, 0.05) is 10.7 Å². The summed E-state index contributed by atoms with van der Waals surface area (Å²) >= 11 is 10.9. The van der Waals surface area contributed by atoms with Gasteiger partial charge in [-0.1, -0.05) is 17.7 Å². The Kier molecular flexibility index (Phi) is 4.10. The Balaban J connectivity index is 2.24. The molecule has 0 spiro atoms. The molecule has 1 heterocycles. The van der Waals surface area contributed by atoms with Crippen molar-refractivity contribution in [2.75, 3.05) is 5.32 Å². The summed E-state index contributed by atoms with van der Waals surface area (Å²) in [5.74, 6) is -0.112. The average molecular weight is 345 g/mol. The molecular weight excluding hydrogens is 334 g/mol. The van der Waals surface area contributed by atoms with Gasteiger partial charge in [-0.25, -0.2) is 0 Å². The summed E-state index contributed by atoms with van der Waals surface area (Å²) in [5, 5.41) is 3.52. The van der Waals surface area contributed by atoms with Crippen molar-refractivity contribution in [3.05, 3.63) is 49.1 Å². The molecule has 0 saturated carbocycles. The molecule has 0 radical (unpaired) electrons. The van der Waals surface area contributed by atoms with Gasteiger partial charge in [-0.15, -0.1) is 11.3 Å². The minimum Gasteiger partial charge on any atom is -0.321 e. The highest BCUT2D eigenvalue weighted by Crippen LogP contribution is 2.29. The predicted octanol–water partition coefficient (Wildman–Crippen LogP) is 5.03. The van der Waals surface area contributed by atoms with Crippen LogP contribution in [-0.2, 0) is 0 Å². The fourth-order valence-corrected chi connectivity index (χ4v) is 3.10. The summed E-state index contributed by atoms with van der Waals surface area (Å²) in [6.07, 6.45) is 0. The maximum absolute atomic E-state index is 12.1. The van der Waals surface area contributed by atoms with E-state index in [1.165, 1.54) is 11.3 Å². The Morgan fingerprint density at radius 2 is 2.11 bits per heavy atom. The van der Waals surface area contributed by atoms with Gasteiger partial charge >= 0.3 is 0 Å². The van der Waals surface area contributed by atoms with Crippen LogP contribution in [0.1, 0.15) is 20.8 Å². The Morgan fingerprint density at radius 1 is 1.39 bits per heavy atom. The van der Waals surface area contributed by atoms with Crippen LogP contribution in [0.15, 0.2) is 28.1 Å². The van der Waals surface area contributed by atoms with Crippen molar-refractivity contribution in [2.45, 2.75) is 13.8 Å². The van der Waals surface area contributed by atoms with E-state index in [1.807, 2.05) is 32.0 Å². The third kappa shape index (κ3) is 2.76. The number of hydrogen-bond donors (Lipinski definition) is 1. The molecular formula is C13H11BrClNOS. The third-order valence-electron chi connectivity index (χ3n) is 2.60. The molecule has 0 unspecified atom stereocenters. The van der Waals surface area contributed by atoms with Crippen LogP contribution in [-0.4, -0.2) is 5.91 Å². The van der Waals surface area contributed by atoms with Gasteiger partial charge in [-0.2, -0.15) is 0 Å². The Hall–Kier alpha value is -0.840. The highest BCUT2D eigenvalue weighted by atomic mass is 79.9. The van der Waals surface area contributed by atoms with E-state index >= 15 is 0 Å². The zero-order valence-corrected chi connectivity index (χ0v) is 13.0. The van der Waals surface area contributed by atoms with Gasteiger partial charge in [-0.05, 0) is 59.1 Å². The summed E-state index contributed by atoms with van der Waals surface area (Å²) in [6.45, 7) is 3.84. The van der Waals surface area contributed by atoms with Crippen LogP contribution in [0.3, 0.4) is 0 Å². The zero-order valence-electron chi connectivity index (χ0n) is 9.88. The molecule has 0 aliphatic rings. The topological polar surface area (TPSA) is 29.1 Å². The predicted molar refractivity (Wildman–Crippen MR) is 80.9 cm³/mol. The van der Waals surface area contributed by atoms with Crippen molar-refractivity contribution in [1.82, 2.24) is 0 Å². The van der Waals surface area contributed by atoms with Gasteiger partial charge in [0.15, 0.2) is 0 Å². The summed E-state index contributed by atoms with van der Waals surface area (Å²) in [5.41, 5.74) is 2.68. The lowest BCUT2D eigenvalue weighted by Gasteiger charge is -2.08. The van der Waals surface area contributed by atoms with Crippen LogP contribution >= 0.6 is 38.9 Å². The molecule has 1 N–H and O–H groups in total. The normalized spacial score (nSPS) is 10.4. The fraction of sp³-hybridized carbons (Fsp3) is 0.154. The first-order chi connectivity index (χ1) is 8.49. The Labute approximate surface area is 123 Å². The molecule has 2 nitrogen and oxygen atoms in total. The molecule has 1 aromatic carbocycles. The summed E-state index contributed by atoms with van der Waals surface area (Å²) in [4.78, 5) is 12.8. The van der Waals surface area contributed by atoms with Crippen molar-refractivity contribution < 1.29 is 4.79 Å². The average Bonchev–Trinajstić information content (AvgIpc) is 2.66. The molecule has 0 atom stereocenters. The highest BCUT2D eigenvalue weighted by molar-refractivity contribution is 9.11. The maximum atomic E-state index is 12.1. The fourth-order valence-electron chi connectivity index (χ4n) is 1.50. The van der Waals surface area contributed by atoms with Crippen molar-refractivity contribution in [2.24, 2.45) is 0 Å². The number of aryl methyl sites for hydroxylation is 1. The lowest BCUT2D eigenvalue weighted by Crippen LogP contribution is -2.11. The number of halogens is 2. The quantitative estimate of drug-likeness (QED) is 0.813. The third-order valence-corrected chi connectivity index (χ3v) is 5.14. The van der Waals surface area contributed by atoms with E-state index in [0.717, 1.165) is 20.6 Å². The smallest absolute Gasteiger partial charge is 0.265 e. The minimum absolute atomic E-state index is 0.112. The first kappa shape index (κ1) is 13.6. The van der Waals surface area contributed by atoms with Crippen LogP contribution in [0.25, 0.3) is 0 Å². The maximum Gasteiger partial charge on any atom is 0.265 e. The van der Waals surface area contributed by atoms with Crippen molar-refractivity contribution >= 4 is 50.5 Å². The lowest BCUT2D eigenvalue weighted by atomic mass is 10.2. The molecule has 2 rings (SSSR count).